The van der Waals surface area contributed by atoms with Crippen LogP contribution >= 0.6 is 11.6 Å². The lowest BCUT2D eigenvalue weighted by Crippen LogP contribution is -2.30. The Hall–Kier alpha value is -4.24. The minimum atomic E-state index is -0.670. The smallest absolute Gasteiger partial charge is 0.252 e. The van der Waals surface area contributed by atoms with Crippen molar-refractivity contribution in [3.8, 4) is 22.6 Å². The Kier molecular flexibility index (Phi) is 7.34. The van der Waals surface area contributed by atoms with E-state index in [-0.39, 0.29) is 17.8 Å². The van der Waals surface area contributed by atoms with E-state index in [4.69, 9.17) is 16.3 Å². The molecule has 10 heteroatoms. The van der Waals surface area contributed by atoms with Crippen LogP contribution in [0.2, 0.25) is 5.02 Å². The SMILES string of the molecule is CCCC(C(=O)Cc1ccc2nn(C)cc2c1)n1cc(OC)c(-c2cc(Cl)ccc2-n2cnc(F)c2)cc1=O. The van der Waals surface area contributed by atoms with Gasteiger partial charge in [-0.3, -0.25) is 14.3 Å². The molecule has 5 aromatic rings. The zero-order valence-electron chi connectivity index (χ0n) is 21.8. The van der Waals surface area contributed by atoms with Crippen LogP contribution in [0.25, 0.3) is 27.7 Å². The van der Waals surface area contributed by atoms with E-state index in [1.165, 1.54) is 34.8 Å². The molecule has 3 heterocycles. The molecular weight excluding hydrogens is 521 g/mol. The summed E-state index contributed by atoms with van der Waals surface area (Å²) in [7, 11) is 3.35. The number of Topliss-reactive ketones (excluding diaryl/α,β-unsaturated/α-hetero) is 1. The van der Waals surface area contributed by atoms with Crippen LogP contribution in [0.3, 0.4) is 0 Å². The third-order valence-corrected chi connectivity index (χ3v) is 6.91. The summed E-state index contributed by atoms with van der Waals surface area (Å²) in [6.45, 7) is 1.97. The number of ether oxygens (including phenoxy) is 1. The lowest BCUT2D eigenvalue weighted by atomic mass is 9.98. The average Bonchev–Trinajstić information content (AvgIpc) is 3.51. The topological polar surface area (TPSA) is 83.9 Å². The molecule has 0 bridgehead atoms. The molecule has 2 aromatic carbocycles. The molecule has 1 unspecified atom stereocenters. The van der Waals surface area contributed by atoms with Gasteiger partial charge in [0.1, 0.15) is 12.1 Å². The summed E-state index contributed by atoms with van der Waals surface area (Å²) >= 11 is 6.30. The highest BCUT2D eigenvalue weighted by Gasteiger charge is 2.24. The lowest BCUT2D eigenvalue weighted by Gasteiger charge is -2.21. The molecule has 0 saturated carbocycles. The van der Waals surface area contributed by atoms with E-state index in [2.05, 4.69) is 10.1 Å². The summed E-state index contributed by atoms with van der Waals surface area (Å²) in [5.41, 5.74) is 2.95. The molecule has 3 aromatic heterocycles. The molecule has 5 rings (SSSR count). The first-order chi connectivity index (χ1) is 18.8. The molecule has 0 spiro atoms. The maximum atomic E-state index is 13.7. The fraction of sp³-hybridized carbons (Fsp3) is 0.241. The third-order valence-electron chi connectivity index (χ3n) is 6.67. The van der Waals surface area contributed by atoms with Crippen LogP contribution < -0.4 is 10.3 Å². The van der Waals surface area contributed by atoms with Crippen molar-refractivity contribution in [1.29, 1.82) is 0 Å². The number of nitrogens with zero attached hydrogens (tertiary/aromatic N) is 5. The highest BCUT2D eigenvalue weighted by Crippen LogP contribution is 2.36. The largest absolute Gasteiger partial charge is 0.495 e. The number of hydrogen-bond acceptors (Lipinski definition) is 5. The van der Waals surface area contributed by atoms with Gasteiger partial charge in [0.25, 0.3) is 5.56 Å². The Morgan fingerprint density at radius 1 is 1.10 bits per heavy atom. The first-order valence-corrected chi connectivity index (χ1v) is 12.9. The zero-order valence-corrected chi connectivity index (χ0v) is 22.5. The highest BCUT2D eigenvalue weighted by molar-refractivity contribution is 6.31. The Bertz CT molecular complexity index is 1740. The Balaban J connectivity index is 1.54. The van der Waals surface area contributed by atoms with Gasteiger partial charge in [0.15, 0.2) is 5.78 Å². The van der Waals surface area contributed by atoms with Crippen molar-refractivity contribution in [3.63, 3.8) is 0 Å². The van der Waals surface area contributed by atoms with Gasteiger partial charge in [-0.25, -0.2) is 4.98 Å². The molecule has 0 fully saturated rings. The van der Waals surface area contributed by atoms with Crippen molar-refractivity contribution in [2.75, 3.05) is 7.11 Å². The van der Waals surface area contributed by atoms with Crippen LogP contribution in [-0.2, 0) is 18.3 Å². The first-order valence-electron chi connectivity index (χ1n) is 12.5. The molecule has 1 atom stereocenters. The van der Waals surface area contributed by atoms with E-state index in [0.29, 0.717) is 40.4 Å². The second-order valence-corrected chi connectivity index (χ2v) is 9.85. The number of halogens is 2. The molecule has 0 aliphatic rings. The van der Waals surface area contributed by atoms with E-state index < -0.39 is 12.0 Å². The summed E-state index contributed by atoms with van der Waals surface area (Å²) in [5, 5.41) is 5.77. The molecule has 0 amide bonds. The van der Waals surface area contributed by atoms with Crippen molar-refractivity contribution in [2.24, 2.45) is 7.05 Å². The molecule has 0 radical (unpaired) electrons. The molecule has 200 valence electrons. The Morgan fingerprint density at radius 2 is 1.92 bits per heavy atom. The quantitative estimate of drug-likeness (QED) is 0.242. The summed E-state index contributed by atoms with van der Waals surface area (Å²) < 4.78 is 24.1. The van der Waals surface area contributed by atoms with Crippen molar-refractivity contribution in [3.05, 3.63) is 94.3 Å². The zero-order chi connectivity index (χ0) is 27.7. The number of pyridine rings is 1. The number of benzene rings is 2. The monoisotopic (exact) mass is 547 g/mol. The lowest BCUT2D eigenvalue weighted by molar-refractivity contribution is -0.121. The van der Waals surface area contributed by atoms with Crippen LogP contribution in [0.1, 0.15) is 31.4 Å². The first kappa shape index (κ1) is 26.4. The number of ketones is 1. The normalized spacial score (nSPS) is 12.1. The number of fused-ring (bicyclic) bond motifs is 1. The van der Waals surface area contributed by atoms with E-state index in [9.17, 15) is 14.0 Å². The summed E-state index contributed by atoms with van der Waals surface area (Å²) in [6.07, 6.45) is 7.43. The summed E-state index contributed by atoms with van der Waals surface area (Å²) in [5.74, 6) is -0.333. The fourth-order valence-corrected chi connectivity index (χ4v) is 5.05. The maximum Gasteiger partial charge on any atom is 0.252 e. The number of hydrogen-bond donors (Lipinski definition) is 0. The van der Waals surface area contributed by atoms with E-state index in [1.807, 2.05) is 38.4 Å². The van der Waals surface area contributed by atoms with Crippen LogP contribution in [0.5, 0.6) is 5.75 Å². The van der Waals surface area contributed by atoms with Gasteiger partial charge in [0.2, 0.25) is 5.95 Å². The minimum Gasteiger partial charge on any atom is -0.495 e. The van der Waals surface area contributed by atoms with Crippen LogP contribution in [-0.4, -0.2) is 36.8 Å². The standard InChI is InChI=1S/C29H27ClFN5O3/c1-4-5-25(26(37)11-18-6-8-23-19(10-18)14-34(2)33-23)36-15-27(39-3)22(13-29(36)38)21-12-20(30)7-9-24(21)35-16-28(31)32-17-35/h6-10,12-17,25H,4-5,11H2,1-3H3. The van der Waals surface area contributed by atoms with Gasteiger partial charge in [-0.05, 0) is 42.3 Å². The minimum absolute atomic E-state index is 0.0747. The second-order valence-electron chi connectivity index (χ2n) is 9.41. The summed E-state index contributed by atoms with van der Waals surface area (Å²) in [6, 6.07) is 11.6. The van der Waals surface area contributed by atoms with Crippen LogP contribution in [0.15, 0.2) is 72.2 Å². The third kappa shape index (κ3) is 5.35. The van der Waals surface area contributed by atoms with Crippen molar-refractivity contribution < 1.29 is 13.9 Å². The molecule has 39 heavy (non-hydrogen) atoms. The number of aromatic nitrogens is 5. The van der Waals surface area contributed by atoms with Gasteiger partial charge < -0.3 is 13.9 Å². The van der Waals surface area contributed by atoms with Gasteiger partial charge in [-0.1, -0.05) is 31.0 Å². The average molecular weight is 548 g/mol. The van der Waals surface area contributed by atoms with Crippen molar-refractivity contribution >= 4 is 28.3 Å². The number of methoxy groups -OCH3 is 1. The molecule has 0 aliphatic heterocycles. The van der Waals surface area contributed by atoms with Crippen molar-refractivity contribution in [2.45, 2.75) is 32.2 Å². The van der Waals surface area contributed by atoms with Gasteiger partial charge >= 0.3 is 0 Å². The predicted octanol–water partition coefficient (Wildman–Crippen LogP) is 5.54. The molecule has 8 nitrogen and oxygen atoms in total. The predicted molar refractivity (Wildman–Crippen MR) is 148 cm³/mol. The molecule has 0 aliphatic carbocycles. The maximum absolute atomic E-state index is 13.7. The second kappa shape index (κ2) is 10.9. The van der Waals surface area contributed by atoms with Gasteiger partial charge in [0.05, 0.1) is 36.7 Å². The molecule has 0 N–H and O–H groups in total. The number of imidazole rings is 1. The van der Waals surface area contributed by atoms with Gasteiger partial charge in [-0.2, -0.15) is 9.49 Å². The number of carbonyl (C=O) groups is 1. The Labute approximate surface area is 229 Å². The number of rotatable bonds is 9. The summed E-state index contributed by atoms with van der Waals surface area (Å²) in [4.78, 5) is 30.7. The van der Waals surface area contributed by atoms with Crippen LogP contribution in [0.4, 0.5) is 4.39 Å². The van der Waals surface area contributed by atoms with E-state index in [0.717, 1.165) is 16.5 Å². The van der Waals surface area contributed by atoms with Gasteiger partial charge in [0, 0.05) is 47.3 Å². The molecular formula is C29H27ClFN5O3. The van der Waals surface area contributed by atoms with Crippen molar-refractivity contribution in [1.82, 2.24) is 23.9 Å². The Morgan fingerprint density at radius 3 is 2.64 bits per heavy atom. The van der Waals surface area contributed by atoms with E-state index in [1.54, 1.807) is 29.1 Å². The molecule has 0 saturated heterocycles. The van der Waals surface area contributed by atoms with E-state index >= 15 is 0 Å². The number of aryl methyl sites for hydroxylation is 1. The van der Waals surface area contributed by atoms with Crippen LogP contribution in [0, 0.1) is 5.95 Å². The highest BCUT2D eigenvalue weighted by atomic mass is 35.5. The fourth-order valence-electron chi connectivity index (χ4n) is 4.88. The number of carbonyl (C=O) groups excluding carboxylic acids is 1. The van der Waals surface area contributed by atoms with Gasteiger partial charge in [-0.15, -0.1) is 0 Å².